The zero-order valence-electron chi connectivity index (χ0n) is 16.8. The number of sulfonamides is 1. The van der Waals surface area contributed by atoms with E-state index in [1.165, 1.54) is 6.20 Å². The molecule has 0 atom stereocenters. The maximum absolute atomic E-state index is 12.7. The van der Waals surface area contributed by atoms with Crippen molar-refractivity contribution in [3.05, 3.63) is 65.9 Å². The second-order valence-electron chi connectivity index (χ2n) is 8.54. The van der Waals surface area contributed by atoms with Gasteiger partial charge in [0.25, 0.3) is 10.0 Å². The standard InChI is InChI=1S/C21H28N2O3S/c1-20(2,3)17-11-13-18(14-12-17)27(25,26)22-19-10-8-7-9-16(19)15-23(24)21(4,5)6/h7-15,24H,1-6H3/b16-15-,22-19+. The summed E-state index contributed by atoms with van der Waals surface area (Å²) in [6.07, 6.45) is 8.30. The molecule has 1 aliphatic carbocycles. The Labute approximate surface area is 162 Å². The van der Waals surface area contributed by atoms with Crippen molar-refractivity contribution in [3.8, 4) is 0 Å². The monoisotopic (exact) mass is 388 g/mol. The predicted molar refractivity (Wildman–Crippen MR) is 110 cm³/mol. The van der Waals surface area contributed by atoms with E-state index in [0.29, 0.717) is 5.57 Å². The highest BCUT2D eigenvalue weighted by Gasteiger charge is 2.21. The van der Waals surface area contributed by atoms with Gasteiger partial charge in [0.15, 0.2) is 0 Å². The molecule has 0 saturated heterocycles. The van der Waals surface area contributed by atoms with Crippen LogP contribution in [0.3, 0.4) is 0 Å². The number of nitrogens with zero attached hydrogens (tertiary/aromatic N) is 2. The largest absolute Gasteiger partial charge is 0.288 e. The van der Waals surface area contributed by atoms with Crippen LogP contribution in [0.1, 0.15) is 47.1 Å². The van der Waals surface area contributed by atoms with Crippen LogP contribution in [-0.2, 0) is 15.4 Å². The third-order valence-corrected chi connectivity index (χ3v) is 5.43. The Morgan fingerprint density at radius 2 is 1.52 bits per heavy atom. The molecule has 1 N–H and O–H groups in total. The van der Waals surface area contributed by atoms with Gasteiger partial charge in [0, 0.05) is 11.8 Å². The summed E-state index contributed by atoms with van der Waals surface area (Å²) in [5, 5.41) is 11.2. The molecule has 146 valence electrons. The third-order valence-electron chi connectivity index (χ3n) is 4.12. The number of benzene rings is 1. The van der Waals surface area contributed by atoms with Crippen molar-refractivity contribution < 1.29 is 13.6 Å². The smallest absolute Gasteiger partial charge is 0.282 e. The summed E-state index contributed by atoms with van der Waals surface area (Å²) in [7, 11) is -3.86. The molecule has 0 radical (unpaired) electrons. The first-order valence-corrected chi connectivity index (χ1v) is 10.3. The molecule has 0 bridgehead atoms. The van der Waals surface area contributed by atoms with Gasteiger partial charge in [0.05, 0.1) is 16.1 Å². The van der Waals surface area contributed by atoms with Crippen molar-refractivity contribution in [2.24, 2.45) is 4.40 Å². The minimum absolute atomic E-state index is 0.0570. The maximum Gasteiger partial charge on any atom is 0.282 e. The van der Waals surface area contributed by atoms with E-state index >= 15 is 0 Å². The minimum atomic E-state index is -3.86. The Kier molecular flexibility index (Phi) is 5.82. The first-order chi connectivity index (χ1) is 12.3. The van der Waals surface area contributed by atoms with Crippen LogP contribution >= 0.6 is 0 Å². The molecule has 0 heterocycles. The molecule has 0 amide bonds. The molecule has 27 heavy (non-hydrogen) atoms. The summed E-state index contributed by atoms with van der Waals surface area (Å²) in [4.78, 5) is 0.141. The van der Waals surface area contributed by atoms with Crippen molar-refractivity contribution in [1.82, 2.24) is 5.06 Å². The van der Waals surface area contributed by atoms with Crippen LogP contribution in [0.2, 0.25) is 0 Å². The van der Waals surface area contributed by atoms with Gasteiger partial charge in [-0.25, -0.2) is 0 Å². The van der Waals surface area contributed by atoms with Gasteiger partial charge in [0.2, 0.25) is 0 Å². The Hall–Kier alpha value is -2.18. The molecular formula is C21H28N2O3S. The Morgan fingerprint density at radius 3 is 2.04 bits per heavy atom. The molecule has 1 aromatic rings. The molecule has 2 rings (SSSR count). The molecule has 5 nitrogen and oxygen atoms in total. The summed E-state index contributed by atoms with van der Waals surface area (Å²) < 4.78 is 29.5. The van der Waals surface area contributed by atoms with Crippen LogP contribution < -0.4 is 0 Å². The predicted octanol–water partition coefficient (Wildman–Crippen LogP) is 4.61. The Balaban J connectivity index is 2.40. The van der Waals surface area contributed by atoms with E-state index in [9.17, 15) is 13.6 Å². The topological polar surface area (TPSA) is 70.0 Å². The first-order valence-electron chi connectivity index (χ1n) is 8.81. The fourth-order valence-electron chi connectivity index (χ4n) is 2.31. The van der Waals surface area contributed by atoms with Gasteiger partial charge in [-0.2, -0.15) is 12.8 Å². The first kappa shape index (κ1) is 21.1. The second-order valence-corrected chi connectivity index (χ2v) is 10.1. The van der Waals surface area contributed by atoms with Crippen LogP contribution in [-0.4, -0.2) is 29.9 Å². The molecule has 0 fully saturated rings. The highest BCUT2D eigenvalue weighted by atomic mass is 32.2. The summed E-state index contributed by atoms with van der Waals surface area (Å²) in [6, 6.07) is 6.80. The van der Waals surface area contributed by atoms with Gasteiger partial charge in [-0.15, -0.1) is 0 Å². The third kappa shape index (κ3) is 5.40. The molecule has 1 aliphatic rings. The van der Waals surface area contributed by atoms with Gasteiger partial charge >= 0.3 is 0 Å². The minimum Gasteiger partial charge on any atom is -0.288 e. The molecule has 1 aromatic carbocycles. The summed E-state index contributed by atoms with van der Waals surface area (Å²) in [5.74, 6) is 0. The molecule has 0 spiro atoms. The van der Waals surface area contributed by atoms with Crippen LogP contribution in [0.5, 0.6) is 0 Å². The quantitative estimate of drug-likeness (QED) is 0.768. The number of hydroxylamine groups is 2. The SMILES string of the molecule is CC(C)(C)c1ccc(S(=O)(=O)/N=C2\C=CC=C\C2=C\N(O)C(C)(C)C)cc1. The molecule has 0 unspecified atom stereocenters. The second kappa shape index (κ2) is 7.44. The van der Waals surface area contributed by atoms with Gasteiger partial charge in [-0.3, -0.25) is 10.3 Å². The highest BCUT2D eigenvalue weighted by Crippen LogP contribution is 2.25. The van der Waals surface area contributed by atoms with Gasteiger partial charge in [-0.1, -0.05) is 51.1 Å². The van der Waals surface area contributed by atoms with Crippen molar-refractivity contribution in [2.75, 3.05) is 0 Å². The molecule has 6 heteroatoms. The average molecular weight is 389 g/mol. The molecule has 0 aliphatic heterocycles. The van der Waals surface area contributed by atoms with E-state index in [1.807, 2.05) is 32.9 Å². The fourth-order valence-corrected chi connectivity index (χ4v) is 3.32. The van der Waals surface area contributed by atoms with Crippen molar-refractivity contribution >= 4 is 15.7 Å². The van der Waals surface area contributed by atoms with Crippen molar-refractivity contribution in [1.29, 1.82) is 0 Å². The molecular weight excluding hydrogens is 360 g/mol. The molecule has 0 aromatic heterocycles. The summed E-state index contributed by atoms with van der Waals surface area (Å²) in [5.41, 5.74) is 1.27. The van der Waals surface area contributed by atoms with Crippen LogP contribution in [0.4, 0.5) is 0 Å². The lowest BCUT2D eigenvalue weighted by molar-refractivity contribution is -0.110. The van der Waals surface area contributed by atoms with E-state index in [-0.39, 0.29) is 16.0 Å². The Morgan fingerprint density at radius 1 is 0.963 bits per heavy atom. The van der Waals surface area contributed by atoms with Crippen molar-refractivity contribution in [2.45, 2.75) is 57.4 Å². The average Bonchev–Trinajstić information content (AvgIpc) is 2.55. The molecule has 0 saturated carbocycles. The number of allylic oxidation sites excluding steroid dienone is 5. The van der Waals surface area contributed by atoms with E-state index in [2.05, 4.69) is 25.2 Å². The van der Waals surface area contributed by atoms with Crippen LogP contribution in [0.25, 0.3) is 0 Å². The van der Waals surface area contributed by atoms with Crippen LogP contribution in [0, 0.1) is 0 Å². The number of hydrogen-bond acceptors (Lipinski definition) is 4. The lowest BCUT2D eigenvalue weighted by Gasteiger charge is -2.29. The zero-order chi connectivity index (χ0) is 20.5. The van der Waals surface area contributed by atoms with Crippen LogP contribution in [0.15, 0.2) is 69.6 Å². The van der Waals surface area contributed by atoms with Gasteiger partial charge < -0.3 is 0 Å². The summed E-state index contributed by atoms with van der Waals surface area (Å²) >= 11 is 0. The van der Waals surface area contributed by atoms with Gasteiger partial charge in [0.1, 0.15) is 0 Å². The van der Waals surface area contributed by atoms with Crippen molar-refractivity contribution in [3.63, 3.8) is 0 Å². The maximum atomic E-state index is 12.7. The summed E-state index contributed by atoms with van der Waals surface area (Å²) in [6.45, 7) is 11.7. The van der Waals surface area contributed by atoms with Gasteiger partial charge in [-0.05, 0) is 50.0 Å². The van der Waals surface area contributed by atoms with E-state index in [0.717, 1.165) is 10.6 Å². The lowest BCUT2D eigenvalue weighted by Crippen LogP contribution is -2.34. The zero-order valence-corrected chi connectivity index (χ0v) is 17.6. The fraction of sp³-hybridized carbons (Fsp3) is 0.381. The Bertz CT molecular complexity index is 908. The highest BCUT2D eigenvalue weighted by molar-refractivity contribution is 7.90. The van der Waals surface area contributed by atoms with E-state index < -0.39 is 15.6 Å². The lowest BCUT2D eigenvalue weighted by atomic mass is 9.87. The van der Waals surface area contributed by atoms with E-state index in [1.54, 1.807) is 36.4 Å². The number of hydrogen-bond donors (Lipinski definition) is 1. The number of rotatable bonds is 3. The normalized spacial score (nSPS) is 18.3. The van der Waals surface area contributed by atoms with E-state index in [4.69, 9.17) is 0 Å².